The smallest absolute Gasteiger partial charge is 0.119 e. The Balaban J connectivity index is 2.02. The van der Waals surface area contributed by atoms with Crippen molar-refractivity contribution in [3.8, 4) is 5.75 Å². The first kappa shape index (κ1) is 10.0. The maximum absolute atomic E-state index is 5.30. The summed E-state index contributed by atoms with van der Waals surface area (Å²) >= 11 is 0. The fourth-order valence-corrected chi connectivity index (χ4v) is 3.25. The molecule has 0 amide bonds. The van der Waals surface area contributed by atoms with Gasteiger partial charge in [0.15, 0.2) is 0 Å². The Hall–Kier alpha value is -1.18. The number of aryl methyl sites for hydroxylation is 1. The largest absolute Gasteiger partial charge is 0.497 e. The Morgan fingerprint density at radius 3 is 2.94 bits per heavy atom. The molecule has 2 aliphatic rings. The maximum atomic E-state index is 5.30. The van der Waals surface area contributed by atoms with Crippen molar-refractivity contribution in [3.05, 3.63) is 23.8 Å². The van der Waals surface area contributed by atoms with Gasteiger partial charge in [-0.3, -0.25) is 0 Å². The standard InChI is InChI=1S/C14H19NO/c1-10-3-5-12-6-4-11-9-13(16-2)7-8-14(11)15(10)12/h7-10,12H,3-6H2,1-2H3/t10-,12-/m1/s1. The molecule has 1 saturated heterocycles. The molecule has 0 aliphatic carbocycles. The maximum Gasteiger partial charge on any atom is 0.119 e. The van der Waals surface area contributed by atoms with E-state index >= 15 is 0 Å². The van der Waals surface area contributed by atoms with Crippen molar-refractivity contribution >= 4 is 5.69 Å². The number of rotatable bonds is 1. The lowest BCUT2D eigenvalue weighted by Gasteiger charge is -2.36. The van der Waals surface area contributed by atoms with E-state index < -0.39 is 0 Å². The van der Waals surface area contributed by atoms with Crippen LogP contribution < -0.4 is 9.64 Å². The second-order valence-corrected chi connectivity index (χ2v) is 5.02. The van der Waals surface area contributed by atoms with Crippen molar-refractivity contribution in [1.29, 1.82) is 0 Å². The van der Waals surface area contributed by atoms with E-state index in [2.05, 4.69) is 30.0 Å². The Labute approximate surface area is 97.2 Å². The third-order valence-corrected chi connectivity index (χ3v) is 4.10. The van der Waals surface area contributed by atoms with Crippen LogP contribution in [0.4, 0.5) is 5.69 Å². The molecular formula is C14H19NO. The summed E-state index contributed by atoms with van der Waals surface area (Å²) in [5.41, 5.74) is 2.91. The minimum Gasteiger partial charge on any atom is -0.497 e. The molecule has 1 aromatic rings. The summed E-state index contributed by atoms with van der Waals surface area (Å²) in [6.07, 6.45) is 5.23. The Kier molecular flexibility index (Phi) is 2.31. The Morgan fingerprint density at radius 1 is 1.25 bits per heavy atom. The second-order valence-electron chi connectivity index (χ2n) is 5.02. The predicted octanol–water partition coefficient (Wildman–Crippen LogP) is 3.00. The van der Waals surface area contributed by atoms with Crippen LogP contribution in [0.2, 0.25) is 0 Å². The summed E-state index contributed by atoms with van der Waals surface area (Å²) in [6.45, 7) is 2.35. The van der Waals surface area contributed by atoms with Gasteiger partial charge in [0.2, 0.25) is 0 Å². The van der Waals surface area contributed by atoms with E-state index in [9.17, 15) is 0 Å². The SMILES string of the molecule is COc1ccc2c(c1)CC[C@H]1CC[C@@H](C)N21. The highest BCUT2D eigenvalue weighted by molar-refractivity contribution is 5.60. The van der Waals surface area contributed by atoms with Gasteiger partial charge in [-0.2, -0.15) is 0 Å². The molecule has 2 heteroatoms. The van der Waals surface area contributed by atoms with E-state index in [1.807, 2.05) is 0 Å². The van der Waals surface area contributed by atoms with Crippen LogP contribution in [0.25, 0.3) is 0 Å². The summed E-state index contributed by atoms with van der Waals surface area (Å²) in [6, 6.07) is 8.03. The summed E-state index contributed by atoms with van der Waals surface area (Å²) in [7, 11) is 1.74. The molecule has 2 aliphatic heterocycles. The number of fused-ring (bicyclic) bond motifs is 3. The van der Waals surface area contributed by atoms with E-state index in [1.54, 1.807) is 7.11 Å². The molecule has 1 fully saturated rings. The van der Waals surface area contributed by atoms with Crippen molar-refractivity contribution in [3.63, 3.8) is 0 Å². The topological polar surface area (TPSA) is 12.5 Å². The van der Waals surface area contributed by atoms with Gasteiger partial charge in [0.25, 0.3) is 0 Å². The van der Waals surface area contributed by atoms with Crippen LogP contribution in [0.15, 0.2) is 18.2 Å². The zero-order valence-electron chi connectivity index (χ0n) is 10.1. The molecule has 16 heavy (non-hydrogen) atoms. The first-order valence-corrected chi connectivity index (χ1v) is 6.25. The number of nitrogens with zero attached hydrogens (tertiary/aromatic N) is 1. The number of methoxy groups -OCH3 is 1. The van der Waals surface area contributed by atoms with Gasteiger partial charge in [-0.05, 0) is 56.4 Å². The molecule has 3 rings (SSSR count). The highest BCUT2D eigenvalue weighted by Gasteiger charge is 2.34. The molecule has 0 N–H and O–H groups in total. The molecule has 2 heterocycles. The van der Waals surface area contributed by atoms with Crippen LogP contribution >= 0.6 is 0 Å². The van der Waals surface area contributed by atoms with E-state index in [0.717, 1.165) is 11.8 Å². The molecular weight excluding hydrogens is 198 g/mol. The van der Waals surface area contributed by atoms with E-state index in [4.69, 9.17) is 4.74 Å². The van der Waals surface area contributed by atoms with Gasteiger partial charge in [0.05, 0.1) is 7.11 Å². The zero-order valence-corrected chi connectivity index (χ0v) is 10.1. The van der Waals surface area contributed by atoms with Crippen molar-refractivity contribution in [2.45, 2.75) is 44.7 Å². The van der Waals surface area contributed by atoms with Crippen LogP contribution in [-0.4, -0.2) is 19.2 Å². The molecule has 2 atom stereocenters. The highest BCUT2D eigenvalue weighted by atomic mass is 16.5. The quantitative estimate of drug-likeness (QED) is 0.717. The number of ether oxygens (including phenoxy) is 1. The van der Waals surface area contributed by atoms with Crippen molar-refractivity contribution in [1.82, 2.24) is 0 Å². The number of hydrogen-bond donors (Lipinski definition) is 0. The average molecular weight is 217 g/mol. The van der Waals surface area contributed by atoms with Gasteiger partial charge in [-0.15, -0.1) is 0 Å². The van der Waals surface area contributed by atoms with Gasteiger partial charge >= 0.3 is 0 Å². The first-order valence-electron chi connectivity index (χ1n) is 6.25. The third-order valence-electron chi connectivity index (χ3n) is 4.10. The number of hydrogen-bond acceptors (Lipinski definition) is 2. The lowest BCUT2D eigenvalue weighted by Crippen LogP contribution is -2.38. The minimum absolute atomic E-state index is 0.706. The zero-order chi connectivity index (χ0) is 11.1. The summed E-state index contributed by atoms with van der Waals surface area (Å²) in [4.78, 5) is 2.62. The second kappa shape index (κ2) is 3.69. The lowest BCUT2D eigenvalue weighted by atomic mass is 9.96. The fourth-order valence-electron chi connectivity index (χ4n) is 3.25. The molecule has 2 nitrogen and oxygen atoms in total. The molecule has 0 radical (unpaired) electrons. The molecule has 0 saturated carbocycles. The summed E-state index contributed by atoms with van der Waals surface area (Å²) < 4.78 is 5.30. The van der Waals surface area contributed by atoms with Crippen LogP contribution in [0, 0.1) is 0 Å². The van der Waals surface area contributed by atoms with Crippen molar-refractivity contribution < 1.29 is 4.74 Å². The Morgan fingerprint density at radius 2 is 2.12 bits per heavy atom. The van der Waals surface area contributed by atoms with Crippen LogP contribution in [0.3, 0.4) is 0 Å². The molecule has 0 bridgehead atoms. The minimum atomic E-state index is 0.706. The monoisotopic (exact) mass is 217 g/mol. The Bertz CT molecular complexity index is 402. The van der Waals surface area contributed by atoms with E-state index in [-0.39, 0.29) is 0 Å². The van der Waals surface area contributed by atoms with Crippen LogP contribution in [0.1, 0.15) is 31.7 Å². The number of anilines is 1. The summed E-state index contributed by atoms with van der Waals surface area (Å²) in [5, 5.41) is 0. The average Bonchev–Trinajstić information content (AvgIpc) is 2.70. The molecule has 1 aromatic carbocycles. The molecule has 86 valence electrons. The van der Waals surface area contributed by atoms with Crippen LogP contribution in [0.5, 0.6) is 5.75 Å². The molecule has 0 unspecified atom stereocenters. The fraction of sp³-hybridized carbons (Fsp3) is 0.571. The summed E-state index contributed by atoms with van der Waals surface area (Å²) in [5.74, 6) is 0.990. The normalized spacial score (nSPS) is 27.5. The molecule has 0 spiro atoms. The highest BCUT2D eigenvalue weighted by Crippen LogP contribution is 2.40. The number of benzene rings is 1. The van der Waals surface area contributed by atoms with Crippen LogP contribution in [-0.2, 0) is 6.42 Å². The van der Waals surface area contributed by atoms with Crippen molar-refractivity contribution in [2.75, 3.05) is 12.0 Å². The van der Waals surface area contributed by atoms with Gasteiger partial charge in [0, 0.05) is 17.8 Å². The third kappa shape index (κ3) is 1.40. The van der Waals surface area contributed by atoms with E-state index in [0.29, 0.717) is 6.04 Å². The molecule has 0 aromatic heterocycles. The lowest BCUT2D eigenvalue weighted by molar-refractivity contribution is 0.413. The van der Waals surface area contributed by atoms with Gasteiger partial charge in [-0.1, -0.05) is 0 Å². The van der Waals surface area contributed by atoms with Gasteiger partial charge in [-0.25, -0.2) is 0 Å². The van der Waals surface area contributed by atoms with E-state index in [1.165, 1.54) is 36.9 Å². The van der Waals surface area contributed by atoms with Gasteiger partial charge in [0.1, 0.15) is 5.75 Å². The van der Waals surface area contributed by atoms with Crippen molar-refractivity contribution in [2.24, 2.45) is 0 Å². The predicted molar refractivity (Wildman–Crippen MR) is 66.3 cm³/mol. The van der Waals surface area contributed by atoms with Gasteiger partial charge < -0.3 is 9.64 Å². The first-order chi connectivity index (χ1) is 7.79.